The van der Waals surface area contributed by atoms with E-state index in [2.05, 4.69) is 37.4 Å². The molecule has 1 heteroatoms. The molecular formula is C12H14S. The van der Waals surface area contributed by atoms with Crippen LogP contribution in [-0.2, 0) is 6.42 Å². The van der Waals surface area contributed by atoms with Crippen LogP contribution < -0.4 is 0 Å². The molecule has 68 valence electrons. The second-order valence-electron chi connectivity index (χ2n) is 2.74. The Bertz CT molecular complexity index is 289. The minimum Gasteiger partial charge on any atom is -0.134 e. The van der Waals surface area contributed by atoms with Crippen LogP contribution in [0.3, 0.4) is 0 Å². The second kappa shape index (κ2) is 5.65. The van der Waals surface area contributed by atoms with E-state index in [1.807, 2.05) is 11.5 Å². The number of hydrogen-bond acceptors (Lipinski definition) is 1. The molecule has 0 aliphatic rings. The predicted octanol–water partition coefficient (Wildman–Crippen LogP) is 3.75. The van der Waals surface area contributed by atoms with Crippen LogP contribution in [0.15, 0.2) is 42.8 Å². The summed E-state index contributed by atoms with van der Waals surface area (Å²) in [6.07, 6.45) is 2.97. The van der Waals surface area contributed by atoms with Crippen molar-refractivity contribution >= 4 is 17.8 Å². The average Bonchev–Trinajstić information content (AvgIpc) is 2.19. The number of aryl methyl sites for hydroxylation is 1. The summed E-state index contributed by atoms with van der Waals surface area (Å²) in [6, 6.07) is 8.47. The Morgan fingerprint density at radius 2 is 2.15 bits per heavy atom. The molecule has 0 radical (unpaired) electrons. The SMILES string of the molecule is C=CSCCc1cccc(C=C)c1. The van der Waals surface area contributed by atoms with Gasteiger partial charge in [-0.3, -0.25) is 0 Å². The molecule has 0 spiro atoms. The molecule has 13 heavy (non-hydrogen) atoms. The Labute approximate surface area is 84.4 Å². The first kappa shape index (κ1) is 10.1. The van der Waals surface area contributed by atoms with Gasteiger partial charge in [0.25, 0.3) is 0 Å². The van der Waals surface area contributed by atoms with Gasteiger partial charge in [0, 0.05) is 5.75 Å². The summed E-state index contributed by atoms with van der Waals surface area (Å²) in [5.41, 5.74) is 2.56. The van der Waals surface area contributed by atoms with E-state index >= 15 is 0 Å². The third kappa shape index (κ3) is 3.51. The van der Waals surface area contributed by atoms with Crippen molar-refractivity contribution in [1.82, 2.24) is 0 Å². The largest absolute Gasteiger partial charge is 0.134 e. The fraction of sp³-hybridized carbons (Fsp3) is 0.167. The lowest BCUT2D eigenvalue weighted by Gasteiger charge is -2.00. The third-order valence-electron chi connectivity index (χ3n) is 1.81. The third-order valence-corrected chi connectivity index (χ3v) is 2.49. The lowest BCUT2D eigenvalue weighted by atomic mass is 10.1. The zero-order chi connectivity index (χ0) is 9.52. The molecule has 0 N–H and O–H groups in total. The summed E-state index contributed by atoms with van der Waals surface area (Å²) in [5.74, 6) is 1.10. The van der Waals surface area contributed by atoms with E-state index in [9.17, 15) is 0 Å². The van der Waals surface area contributed by atoms with Crippen LogP contribution in [0, 0.1) is 0 Å². The molecule has 1 rings (SSSR count). The maximum absolute atomic E-state index is 3.75. The summed E-state index contributed by atoms with van der Waals surface area (Å²) in [7, 11) is 0. The predicted molar refractivity (Wildman–Crippen MR) is 62.9 cm³/mol. The zero-order valence-electron chi connectivity index (χ0n) is 7.70. The van der Waals surface area contributed by atoms with Gasteiger partial charge >= 0.3 is 0 Å². The number of thioether (sulfide) groups is 1. The molecule has 0 unspecified atom stereocenters. The smallest absolute Gasteiger partial charge is 0.00144 e. The van der Waals surface area contributed by atoms with Gasteiger partial charge in [-0.05, 0) is 23.0 Å². The van der Waals surface area contributed by atoms with Gasteiger partial charge in [-0.25, -0.2) is 0 Å². The summed E-state index contributed by atoms with van der Waals surface area (Å²) in [4.78, 5) is 0. The van der Waals surface area contributed by atoms with Crippen molar-refractivity contribution in [3.63, 3.8) is 0 Å². The lowest BCUT2D eigenvalue weighted by Crippen LogP contribution is -1.87. The molecule has 0 aliphatic heterocycles. The normalized spacial score (nSPS) is 9.54. The highest BCUT2D eigenvalue weighted by Crippen LogP contribution is 2.10. The van der Waals surface area contributed by atoms with E-state index in [1.165, 1.54) is 11.1 Å². The van der Waals surface area contributed by atoms with E-state index in [4.69, 9.17) is 0 Å². The van der Waals surface area contributed by atoms with Gasteiger partial charge in [0.1, 0.15) is 0 Å². The fourth-order valence-electron chi connectivity index (χ4n) is 1.14. The van der Waals surface area contributed by atoms with Gasteiger partial charge in [-0.2, -0.15) is 0 Å². The van der Waals surface area contributed by atoms with Gasteiger partial charge in [0.2, 0.25) is 0 Å². The lowest BCUT2D eigenvalue weighted by molar-refractivity contribution is 1.16. The van der Waals surface area contributed by atoms with Crippen LogP contribution in [0.5, 0.6) is 0 Å². The topological polar surface area (TPSA) is 0 Å². The minimum absolute atomic E-state index is 1.10. The first-order valence-electron chi connectivity index (χ1n) is 4.30. The number of hydrogen-bond donors (Lipinski definition) is 0. The molecular weight excluding hydrogens is 176 g/mol. The molecule has 0 fully saturated rings. The average molecular weight is 190 g/mol. The van der Waals surface area contributed by atoms with Crippen LogP contribution in [-0.4, -0.2) is 5.75 Å². The molecule has 1 aromatic rings. The first-order chi connectivity index (χ1) is 6.36. The summed E-state index contributed by atoms with van der Waals surface area (Å²) >= 11 is 1.75. The van der Waals surface area contributed by atoms with E-state index in [0.29, 0.717) is 0 Å². The first-order valence-corrected chi connectivity index (χ1v) is 5.35. The van der Waals surface area contributed by atoms with Crippen molar-refractivity contribution in [2.24, 2.45) is 0 Å². The molecule has 0 aromatic heterocycles. The van der Waals surface area contributed by atoms with Gasteiger partial charge < -0.3 is 0 Å². The van der Waals surface area contributed by atoms with E-state index < -0.39 is 0 Å². The second-order valence-corrected chi connectivity index (χ2v) is 3.81. The van der Waals surface area contributed by atoms with E-state index in [-0.39, 0.29) is 0 Å². The maximum Gasteiger partial charge on any atom is 0.00144 e. The van der Waals surface area contributed by atoms with Crippen molar-refractivity contribution in [1.29, 1.82) is 0 Å². The van der Waals surface area contributed by atoms with Crippen LogP contribution >= 0.6 is 11.8 Å². The molecule has 0 nitrogen and oxygen atoms in total. The van der Waals surface area contributed by atoms with Crippen LogP contribution in [0.4, 0.5) is 0 Å². The highest BCUT2D eigenvalue weighted by atomic mass is 32.2. The zero-order valence-corrected chi connectivity index (χ0v) is 8.52. The Morgan fingerprint density at radius 3 is 2.85 bits per heavy atom. The molecule has 0 atom stereocenters. The van der Waals surface area contributed by atoms with Crippen molar-refractivity contribution < 1.29 is 0 Å². The fourth-order valence-corrected chi connectivity index (χ4v) is 1.66. The molecule has 0 heterocycles. The molecule has 0 bridgehead atoms. The Kier molecular flexibility index (Phi) is 4.41. The quantitative estimate of drug-likeness (QED) is 0.637. The Hall–Kier alpha value is -0.950. The molecule has 0 saturated carbocycles. The van der Waals surface area contributed by atoms with E-state index in [0.717, 1.165) is 12.2 Å². The minimum atomic E-state index is 1.10. The van der Waals surface area contributed by atoms with Crippen LogP contribution in [0.25, 0.3) is 6.08 Å². The molecule has 0 amide bonds. The van der Waals surface area contributed by atoms with Crippen molar-refractivity contribution in [2.45, 2.75) is 6.42 Å². The Morgan fingerprint density at radius 1 is 1.31 bits per heavy atom. The number of benzene rings is 1. The van der Waals surface area contributed by atoms with Crippen LogP contribution in [0.1, 0.15) is 11.1 Å². The van der Waals surface area contributed by atoms with Gasteiger partial charge in [0.15, 0.2) is 0 Å². The van der Waals surface area contributed by atoms with Gasteiger partial charge in [-0.15, -0.1) is 11.8 Å². The summed E-state index contributed by atoms with van der Waals surface area (Å²) < 4.78 is 0. The highest BCUT2D eigenvalue weighted by molar-refractivity contribution is 8.02. The monoisotopic (exact) mass is 190 g/mol. The van der Waals surface area contributed by atoms with E-state index in [1.54, 1.807) is 11.8 Å². The summed E-state index contributed by atoms with van der Waals surface area (Å²) in [6.45, 7) is 7.42. The molecule has 0 aliphatic carbocycles. The number of rotatable bonds is 5. The standard InChI is InChI=1S/C12H14S/c1-3-11-6-5-7-12(10-11)8-9-13-4-2/h3-7,10H,1-2,8-9H2. The Balaban J connectivity index is 2.55. The van der Waals surface area contributed by atoms with Crippen molar-refractivity contribution in [3.05, 3.63) is 54.0 Å². The maximum atomic E-state index is 3.75. The van der Waals surface area contributed by atoms with Gasteiger partial charge in [-0.1, -0.05) is 43.5 Å². The van der Waals surface area contributed by atoms with Crippen molar-refractivity contribution in [2.75, 3.05) is 5.75 Å². The highest BCUT2D eigenvalue weighted by Gasteiger charge is 1.92. The van der Waals surface area contributed by atoms with Crippen LogP contribution in [0.2, 0.25) is 0 Å². The van der Waals surface area contributed by atoms with Gasteiger partial charge in [0.05, 0.1) is 0 Å². The summed E-state index contributed by atoms with van der Waals surface area (Å²) in [5, 5.41) is 1.89. The molecule has 1 aromatic carbocycles. The van der Waals surface area contributed by atoms with Crippen molar-refractivity contribution in [3.8, 4) is 0 Å². The molecule has 0 saturated heterocycles.